The Kier molecular flexibility index (Phi) is 3.56. The fraction of sp³-hybridized carbons (Fsp3) is 0.133. The average Bonchev–Trinajstić information content (AvgIpc) is 2.79. The Morgan fingerprint density at radius 3 is 2.65 bits per heavy atom. The molecule has 2 aromatic carbocycles. The highest BCUT2D eigenvalue weighted by molar-refractivity contribution is 9.10. The number of rotatable bonds is 2. The summed E-state index contributed by atoms with van der Waals surface area (Å²) in [5.74, 6) is 0.960. The third-order valence-corrected chi connectivity index (χ3v) is 4.47. The third kappa shape index (κ3) is 2.25. The molecule has 3 rings (SSSR count). The minimum absolute atomic E-state index is 0.732. The quantitative estimate of drug-likeness (QED) is 0.632. The van der Waals surface area contributed by atoms with Crippen LogP contribution in [0.5, 0.6) is 0 Å². The molecular weight excluding hydrogens is 382 g/mol. The summed E-state index contributed by atoms with van der Waals surface area (Å²) in [6.07, 6.45) is 0. The molecule has 3 aromatic rings. The average molecular weight is 395 g/mol. The molecule has 0 spiro atoms. The predicted molar refractivity (Wildman–Crippen MR) is 90.7 cm³/mol. The lowest BCUT2D eigenvalue weighted by atomic mass is 10.2. The van der Waals surface area contributed by atoms with E-state index >= 15 is 0 Å². The van der Waals surface area contributed by atoms with Crippen molar-refractivity contribution in [1.82, 2.24) is 9.55 Å². The number of fused-ring (bicyclic) bond motifs is 1. The summed E-state index contributed by atoms with van der Waals surface area (Å²) in [4.78, 5) is 4.76. The van der Waals surface area contributed by atoms with Crippen LogP contribution in [0.3, 0.4) is 0 Å². The lowest BCUT2D eigenvalue weighted by Gasteiger charge is -2.07. The van der Waals surface area contributed by atoms with Crippen LogP contribution in [0.15, 0.2) is 45.3 Å². The summed E-state index contributed by atoms with van der Waals surface area (Å²) in [6.45, 7) is 2.99. The van der Waals surface area contributed by atoms with Crippen LogP contribution in [0.4, 0.5) is 5.69 Å². The molecule has 0 saturated carbocycles. The second kappa shape index (κ2) is 5.22. The highest BCUT2D eigenvalue weighted by Crippen LogP contribution is 2.30. The number of aryl methyl sites for hydroxylation is 1. The zero-order chi connectivity index (χ0) is 14.3. The molecule has 0 unspecified atom stereocenters. The Morgan fingerprint density at radius 2 is 1.95 bits per heavy atom. The molecule has 102 valence electrons. The van der Waals surface area contributed by atoms with Crippen LogP contribution in [0, 0.1) is 0 Å². The molecule has 1 heterocycles. The molecule has 3 nitrogen and oxygen atoms in total. The van der Waals surface area contributed by atoms with Gasteiger partial charge in [0.05, 0.1) is 11.0 Å². The van der Waals surface area contributed by atoms with Gasteiger partial charge in [-0.1, -0.05) is 15.9 Å². The van der Waals surface area contributed by atoms with Crippen molar-refractivity contribution in [1.29, 1.82) is 0 Å². The first-order valence-electron chi connectivity index (χ1n) is 6.31. The molecular formula is C15H13Br2N3. The number of aromatic nitrogens is 2. The molecule has 0 radical (unpaired) electrons. The van der Waals surface area contributed by atoms with Crippen molar-refractivity contribution in [3.05, 3.63) is 45.3 Å². The number of imidazole rings is 1. The summed E-state index contributed by atoms with van der Waals surface area (Å²) in [5.41, 5.74) is 9.77. The minimum Gasteiger partial charge on any atom is -0.398 e. The number of nitrogens with two attached hydrogens (primary N) is 1. The predicted octanol–water partition coefficient (Wildman–Crippen LogP) is 4.83. The SMILES string of the molecule is CCn1c(-c2ccc(N)c(Br)c2)nc2cc(Br)ccc21. The van der Waals surface area contributed by atoms with E-state index in [2.05, 4.69) is 49.4 Å². The van der Waals surface area contributed by atoms with E-state index in [0.29, 0.717) is 0 Å². The van der Waals surface area contributed by atoms with E-state index < -0.39 is 0 Å². The van der Waals surface area contributed by atoms with Crippen LogP contribution < -0.4 is 5.73 Å². The van der Waals surface area contributed by atoms with E-state index in [1.165, 1.54) is 0 Å². The lowest BCUT2D eigenvalue weighted by molar-refractivity contribution is 0.796. The molecule has 0 aliphatic carbocycles. The summed E-state index contributed by atoms with van der Waals surface area (Å²) in [6, 6.07) is 12.1. The second-order valence-electron chi connectivity index (χ2n) is 4.55. The van der Waals surface area contributed by atoms with Gasteiger partial charge < -0.3 is 10.3 Å². The Labute approximate surface area is 134 Å². The summed E-state index contributed by atoms with van der Waals surface area (Å²) >= 11 is 6.97. The van der Waals surface area contributed by atoms with Gasteiger partial charge in [0, 0.05) is 26.7 Å². The first kappa shape index (κ1) is 13.6. The van der Waals surface area contributed by atoms with E-state index in [-0.39, 0.29) is 0 Å². The number of hydrogen-bond donors (Lipinski definition) is 1. The molecule has 0 aliphatic rings. The van der Waals surface area contributed by atoms with Crippen molar-refractivity contribution in [3.8, 4) is 11.4 Å². The number of nitrogen functional groups attached to an aromatic ring is 1. The molecule has 5 heteroatoms. The summed E-state index contributed by atoms with van der Waals surface area (Å²) in [5, 5.41) is 0. The maximum atomic E-state index is 5.85. The van der Waals surface area contributed by atoms with Crippen molar-refractivity contribution < 1.29 is 0 Å². The third-order valence-electron chi connectivity index (χ3n) is 3.29. The summed E-state index contributed by atoms with van der Waals surface area (Å²) in [7, 11) is 0. The Balaban J connectivity index is 2.26. The molecule has 0 saturated heterocycles. The molecule has 0 atom stereocenters. The maximum absolute atomic E-state index is 5.85. The number of halogens is 2. The van der Waals surface area contributed by atoms with Gasteiger partial charge in [-0.15, -0.1) is 0 Å². The number of hydrogen-bond acceptors (Lipinski definition) is 2. The topological polar surface area (TPSA) is 43.8 Å². The number of anilines is 1. The van der Waals surface area contributed by atoms with Crippen molar-refractivity contribution in [2.75, 3.05) is 5.73 Å². The van der Waals surface area contributed by atoms with Gasteiger partial charge >= 0.3 is 0 Å². The van der Waals surface area contributed by atoms with Crippen LogP contribution in [-0.2, 0) is 6.54 Å². The van der Waals surface area contributed by atoms with Gasteiger partial charge in [-0.3, -0.25) is 0 Å². The van der Waals surface area contributed by atoms with Crippen LogP contribution in [0.1, 0.15) is 6.92 Å². The molecule has 20 heavy (non-hydrogen) atoms. The van der Waals surface area contributed by atoms with Crippen molar-refractivity contribution in [2.45, 2.75) is 13.5 Å². The van der Waals surface area contributed by atoms with E-state index in [4.69, 9.17) is 10.7 Å². The van der Waals surface area contributed by atoms with Crippen molar-refractivity contribution in [3.63, 3.8) is 0 Å². The largest absolute Gasteiger partial charge is 0.398 e. The van der Waals surface area contributed by atoms with Gasteiger partial charge in [-0.25, -0.2) is 4.98 Å². The Morgan fingerprint density at radius 1 is 1.15 bits per heavy atom. The van der Waals surface area contributed by atoms with E-state index in [0.717, 1.165) is 43.6 Å². The van der Waals surface area contributed by atoms with Crippen LogP contribution >= 0.6 is 31.9 Å². The van der Waals surface area contributed by atoms with Gasteiger partial charge in [0.25, 0.3) is 0 Å². The van der Waals surface area contributed by atoms with Crippen LogP contribution in [0.25, 0.3) is 22.4 Å². The fourth-order valence-electron chi connectivity index (χ4n) is 2.31. The van der Waals surface area contributed by atoms with Crippen molar-refractivity contribution >= 4 is 48.6 Å². The highest BCUT2D eigenvalue weighted by atomic mass is 79.9. The van der Waals surface area contributed by atoms with Gasteiger partial charge in [-0.05, 0) is 59.3 Å². The monoisotopic (exact) mass is 393 g/mol. The Hall–Kier alpha value is -1.33. The first-order valence-corrected chi connectivity index (χ1v) is 7.90. The molecule has 0 aliphatic heterocycles. The fourth-order valence-corrected chi connectivity index (χ4v) is 3.04. The standard InChI is InChI=1S/C15H13Br2N3/c1-2-20-14-6-4-10(16)8-13(14)19-15(20)9-3-5-12(18)11(17)7-9/h3-8H,2,18H2,1H3. The lowest BCUT2D eigenvalue weighted by Crippen LogP contribution is -1.98. The summed E-state index contributed by atoms with van der Waals surface area (Å²) < 4.78 is 4.14. The maximum Gasteiger partial charge on any atom is 0.141 e. The molecule has 0 amide bonds. The second-order valence-corrected chi connectivity index (χ2v) is 6.32. The zero-order valence-electron chi connectivity index (χ0n) is 10.9. The number of benzene rings is 2. The molecule has 1 aromatic heterocycles. The van der Waals surface area contributed by atoms with Crippen molar-refractivity contribution in [2.24, 2.45) is 0 Å². The van der Waals surface area contributed by atoms with Gasteiger partial charge in [-0.2, -0.15) is 0 Å². The van der Waals surface area contributed by atoms with Gasteiger partial charge in [0.1, 0.15) is 5.82 Å². The molecule has 2 N–H and O–H groups in total. The number of nitrogens with zero attached hydrogens (tertiary/aromatic N) is 2. The van der Waals surface area contributed by atoms with E-state index in [9.17, 15) is 0 Å². The van der Waals surface area contributed by atoms with E-state index in [1.54, 1.807) is 0 Å². The van der Waals surface area contributed by atoms with Crippen LogP contribution in [-0.4, -0.2) is 9.55 Å². The zero-order valence-corrected chi connectivity index (χ0v) is 14.1. The first-order chi connectivity index (χ1) is 9.60. The molecule has 0 fully saturated rings. The Bertz CT molecular complexity index is 793. The van der Waals surface area contributed by atoms with Gasteiger partial charge in [0.15, 0.2) is 0 Å². The highest BCUT2D eigenvalue weighted by Gasteiger charge is 2.12. The normalized spacial score (nSPS) is 11.2. The minimum atomic E-state index is 0.732. The van der Waals surface area contributed by atoms with E-state index in [1.807, 2.05) is 30.3 Å². The van der Waals surface area contributed by atoms with Crippen LogP contribution in [0.2, 0.25) is 0 Å². The smallest absolute Gasteiger partial charge is 0.141 e. The van der Waals surface area contributed by atoms with Gasteiger partial charge in [0.2, 0.25) is 0 Å². The molecule has 0 bridgehead atoms.